The van der Waals surface area contributed by atoms with E-state index in [9.17, 15) is 14.4 Å². The molecular formula is C15H13BrO6S2. The van der Waals surface area contributed by atoms with E-state index in [4.69, 9.17) is 14.2 Å². The molecule has 24 heavy (non-hydrogen) atoms. The van der Waals surface area contributed by atoms with Gasteiger partial charge in [0.25, 0.3) is 0 Å². The van der Waals surface area contributed by atoms with Crippen molar-refractivity contribution in [3.05, 3.63) is 25.7 Å². The maximum Gasteiger partial charge on any atom is 0.351 e. The van der Waals surface area contributed by atoms with E-state index >= 15 is 0 Å². The van der Waals surface area contributed by atoms with Gasteiger partial charge in [-0.1, -0.05) is 0 Å². The predicted molar refractivity (Wildman–Crippen MR) is 94.2 cm³/mol. The number of thiophene rings is 2. The molecule has 2 aromatic heterocycles. The van der Waals surface area contributed by atoms with Crippen LogP contribution in [0.5, 0.6) is 5.75 Å². The number of ether oxygens (including phenoxy) is 3. The molecule has 0 bridgehead atoms. The maximum absolute atomic E-state index is 12.0. The highest BCUT2D eigenvalue weighted by atomic mass is 79.9. The van der Waals surface area contributed by atoms with Crippen LogP contribution in [-0.4, -0.2) is 38.5 Å². The predicted octanol–water partition coefficient (Wildman–Crippen LogP) is 3.78. The van der Waals surface area contributed by atoms with Crippen LogP contribution in [-0.2, 0) is 14.3 Å². The van der Waals surface area contributed by atoms with Crippen molar-refractivity contribution in [2.45, 2.75) is 6.92 Å². The topological polar surface area (TPSA) is 78.9 Å². The van der Waals surface area contributed by atoms with Gasteiger partial charge >= 0.3 is 11.9 Å². The van der Waals surface area contributed by atoms with Crippen molar-refractivity contribution in [2.24, 2.45) is 0 Å². The van der Waals surface area contributed by atoms with Gasteiger partial charge in [0.2, 0.25) is 0 Å². The van der Waals surface area contributed by atoms with Gasteiger partial charge in [-0.05, 0) is 34.3 Å². The molecule has 2 aromatic rings. The van der Waals surface area contributed by atoms with E-state index in [1.165, 1.54) is 18.4 Å². The largest absolute Gasteiger partial charge is 0.479 e. The lowest BCUT2D eigenvalue weighted by Gasteiger charge is -2.07. The van der Waals surface area contributed by atoms with Crippen LogP contribution >= 0.6 is 38.6 Å². The lowest BCUT2D eigenvalue weighted by Crippen LogP contribution is -2.15. The van der Waals surface area contributed by atoms with E-state index in [-0.39, 0.29) is 23.8 Å². The average Bonchev–Trinajstić information content (AvgIpc) is 3.16. The molecule has 0 aliphatic rings. The highest BCUT2D eigenvalue weighted by Gasteiger charge is 2.26. The molecule has 0 fully saturated rings. The van der Waals surface area contributed by atoms with Crippen LogP contribution in [0.2, 0.25) is 0 Å². The Morgan fingerprint density at radius 2 is 2.12 bits per heavy atom. The van der Waals surface area contributed by atoms with Crippen molar-refractivity contribution in [3.8, 4) is 16.2 Å². The first-order valence-corrected chi connectivity index (χ1v) is 9.24. The zero-order chi connectivity index (χ0) is 17.7. The Morgan fingerprint density at radius 1 is 1.38 bits per heavy atom. The third kappa shape index (κ3) is 3.85. The summed E-state index contributed by atoms with van der Waals surface area (Å²) in [5.74, 6) is -0.941. The maximum atomic E-state index is 12.0. The quantitative estimate of drug-likeness (QED) is 0.489. The minimum Gasteiger partial charge on any atom is -0.479 e. The summed E-state index contributed by atoms with van der Waals surface area (Å²) in [4.78, 5) is 36.0. The number of esters is 2. The summed E-state index contributed by atoms with van der Waals surface area (Å²) in [6.07, 6.45) is 0.753. The van der Waals surface area contributed by atoms with Gasteiger partial charge in [-0.25, -0.2) is 9.59 Å². The Bertz CT molecular complexity index is 764. The Kier molecular flexibility index (Phi) is 6.52. The molecule has 9 heteroatoms. The van der Waals surface area contributed by atoms with Crippen LogP contribution in [0, 0.1) is 0 Å². The van der Waals surface area contributed by atoms with Crippen molar-refractivity contribution in [3.63, 3.8) is 0 Å². The Morgan fingerprint density at radius 3 is 2.75 bits per heavy atom. The minimum absolute atomic E-state index is 0.193. The van der Waals surface area contributed by atoms with E-state index in [1.54, 1.807) is 18.4 Å². The van der Waals surface area contributed by atoms with E-state index in [1.807, 2.05) is 0 Å². The van der Waals surface area contributed by atoms with Gasteiger partial charge in [-0.3, -0.25) is 4.79 Å². The number of hydrogen-bond acceptors (Lipinski definition) is 8. The molecule has 0 radical (unpaired) electrons. The number of methoxy groups -OCH3 is 1. The molecule has 6 nitrogen and oxygen atoms in total. The molecule has 0 aliphatic heterocycles. The van der Waals surface area contributed by atoms with Gasteiger partial charge in [0, 0.05) is 5.56 Å². The molecule has 0 atom stereocenters. The Labute approximate surface area is 154 Å². The molecule has 0 aliphatic carbocycles. The van der Waals surface area contributed by atoms with Crippen LogP contribution in [0.3, 0.4) is 0 Å². The summed E-state index contributed by atoms with van der Waals surface area (Å²) < 4.78 is 15.5. The summed E-state index contributed by atoms with van der Waals surface area (Å²) in [6.45, 7) is 1.59. The molecule has 0 saturated heterocycles. The lowest BCUT2D eigenvalue weighted by atomic mass is 10.2. The fourth-order valence-corrected chi connectivity index (χ4v) is 4.62. The zero-order valence-corrected chi connectivity index (χ0v) is 16.0. The number of carbonyl (C=O) groups excluding carboxylic acids is 3. The van der Waals surface area contributed by atoms with Gasteiger partial charge in [0.1, 0.15) is 0 Å². The number of aldehydes is 1. The summed E-state index contributed by atoms with van der Waals surface area (Å²) in [7, 11) is 1.26. The molecule has 0 saturated carbocycles. The molecule has 0 unspecified atom stereocenters. The number of halogens is 1. The molecule has 0 spiro atoms. The van der Waals surface area contributed by atoms with Crippen molar-refractivity contribution >= 4 is 56.8 Å². The molecular weight excluding hydrogens is 420 g/mol. The van der Waals surface area contributed by atoms with E-state index in [2.05, 4.69) is 15.9 Å². The first kappa shape index (κ1) is 18.6. The summed E-state index contributed by atoms with van der Waals surface area (Å²) >= 11 is 5.80. The second-order valence-electron chi connectivity index (χ2n) is 4.31. The minimum atomic E-state index is -0.589. The SMILES string of the molecule is CCOC(=O)COc1c(C(=O)OC)sc(-c2ccsc2C=O)c1Br. The first-order valence-electron chi connectivity index (χ1n) is 6.75. The second-order valence-corrected chi connectivity index (χ2v) is 7.07. The van der Waals surface area contributed by atoms with Crippen LogP contribution in [0.1, 0.15) is 26.3 Å². The highest BCUT2D eigenvalue weighted by Crippen LogP contribution is 2.47. The van der Waals surface area contributed by atoms with Gasteiger partial charge in [0.05, 0.1) is 27.9 Å². The summed E-state index contributed by atoms with van der Waals surface area (Å²) in [5.41, 5.74) is 0.683. The number of rotatable bonds is 7. The number of hydrogen-bond donors (Lipinski definition) is 0. The van der Waals surface area contributed by atoms with Crippen molar-refractivity contribution in [1.29, 1.82) is 0 Å². The summed E-state index contributed by atoms with van der Waals surface area (Å²) in [6, 6.07) is 1.78. The van der Waals surface area contributed by atoms with Crippen molar-refractivity contribution in [2.75, 3.05) is 20.3 Å². The highest BCUT2D eigenvalue weighted by molar-refractivity contribution is 9.10. The van der Waals surface area contributed by atoms with E-state index in [0.29, 0.717) is 19.8 Å². The lowest BCUT2D eigenvalue weighted by molar-refractivity contribution is -0.145. The molecule has 0 amide bonds. The Hall–Kier alpha value is -1.71. The van der Waals surface area contributed by atoms with Crippen LogP contribution in [0.25, 0.3) is 10.4 Å². The third-order valence-corrected chi connectivity index (χ3v) is 5.91. The standard InChI is InChI=1S/C15H13BrO6S2/c1-3-21-10(18)7-22-12-11(16)13(24-14(12)15(19)20-2)8-4-5-23-9(8)6-17/h4-6H,3,7H2,1-2H3. The zero-order valence-electron chi connectivity index (χ0n) is 12.8. The van der Waals surface area contributed by atoms with Crippen molar-refractivity contribution < 1.29 is 28.6 Å². The van der Waals surface area contributed by atoms with Gasteiger partial charge in [-0.2, -0.15) is 0 Å². The Balaban J connectivity index is 2.43. The van der Waals surface area contributed by atoms with Crippen molar-refractivity contribution in [1.82, 2.24) is 0 Å². The van der Waals surface area contributed by atoms with Crippen LogP contribution < -0.4 is 4.74 Å². The molecule has 0 N–H and O–H groups in total. The molecule has 2 heterocycles. The molecule has 0 aromatic carbocycles. The first-order chi connectivity index (χ1) is 11.5. The molecule has 2 rings (SSSR count). The van der Waals surface area contributed by atoms with Crippen LogP contribution in [0.15, 0.2) is 15.9 Å². The molecule has 128 valence electrons. The monoisotopic (exact) mass is 432 g/mol. The fraction of sp³-hybridized carbons (Fsp3) is 0.267. The second kappa shape index (κ2) is 8.41. The van der Waals surface area contributed by atoms with E-state index in [0.717, 1.165) is 17.6 Å². The summed E-state index contributed by atoms with van der Waals surface area (Å²) in [5, 5.41) is 1.78. The van der Waals surface area contributed by atoms with Gasteiger partial charge in [-0.15, -0.1) is 22.7 Å². The van der Waals surface area contributed by atoms with Gasteiger partial charge < -0.3 is 14.2 Å². The third-order valence-electron chi connectivity index (χ3n) is 2.87. The van der Waals surface area contributed by atoms with Gasteiger partial charge in [0.15, 0.2) is 23.5 Å². The fourth-order valence-electron chi connectivity index (χ4n) is 1.86. The smallest absolute Gasteiger partial charge is 0.351 e. The number of carbonyl (C=O) groups is 3. The van der Waals surface area contributed by atoms with Crippen LogP contribution in [0.4, 0.5) is 0 Å². The average molecular weight is 433 g/mol. The normalized spacial score (nSPS) is 10.3. The van der Waals surface area contributed by atoms with E-state index < -0.39 is 11.9 Å².